The average Bonchev–Trinajstić information content (AvgIpc) is 3.27. The number of fused-ring (bicyclic) bond motifs is 1. The first-order valence-electron chi connectivity index (χ1n) is 8.07. The lowest BCUT2D eigenvalue weighted by molar-refractivity contribution is -0.118. The number of aromatic nitrogens is 1. The van der Waals surface area contributed by atoms with Crippen LogP contribution in [0.5, 0.6) is 0 Å². The molecule has 2 aromatic rings. The number of benzene rings is 1. The first kappa shape index (κ1) is 15.2. The summed E-state index contributed by atoms with van der Waals surface area (Å²) in [5.41, 5.74) is 1.78. The van der Waals surface area contributed by atoms with E-state index in [0.717, 1.165) is 23.5 Å². The number of ketones is 1. The highest BCUT2D eigenvalue weighted by atomic mass is 32.1. The molecule has 24 heavy (non-hydrogen) atoms. The highest BCUT2D eigenvalue weighted by Gasteiger charge is 2.35. The van der Waals surface area contributed by atoms with Gasteiger partial charge in [-0.15, -0.1) is 11.3 Å². The summed E-state index contributed by atoms with van der Waals surface area (Å²) in [4.78, 5) is 42.3. The number of nitrogens with zero attached hydrogens (tertiary/aromatic N) is 2. The molecule has 122 valence electrons. The van der Waals surface area contributed by atoms with Crippen molar-refractivity contribution in [3.8, 4) is 0 Å². The molecule has 1 aliphatic heterocycles. The maximum absolute atomic E-state index is 12.3. The molecule has 1 saturated carbocycles. The van der Waals surface area contributed by atoms with Crippen LogP contribution < -0.4 is 0 Å². The van der Waals surface area contributed by atoms with Crippen molar-refractivity contribution < 1.29 is 14.4 Å². The molecule has 1 fully saturated rings. The second kappa shape index (κ2) is 5.94. The van der Waals surface area contributed by atoms with Gasteiger partial charge in [0.25, 0.3) is 11.8 Å². The van der Waals surface area contributed by atoms with Crippen LogP contribution in [0, 0.1) is 0 Å². The van der Waals surface area contributed by atoms with Crippen molar-refractivity contribution in [3.63, 3.8) is 0 Å². The van der Waals surface area contributed by atoms with Crippen LogP contribution in [-0.2, 0) is 11.2 Å². The van der Waals surface area contributed by atoms with E-state index in [1.165, 1.54) is 16.2 Å². The van der Waals surface area contributed by atoms with Gasteiger partial charge in [0.15, 0.2) is 0 Å². The van der Waals surface area contributed by atoms with Crippen molar-refractivity contribution in [2.75, 3.05) is 6.54 Å². The van der Waals surface area contributed by atoms with Gasteiger partial charge in [-0.3, -0.25) is 19.3 Å². The van der Waals surface area contributed by atoms with Crippen LogP contribution in [0.25, 0.3) is 0 Å². The summed E-state index contributed by atoms with van der Waals surface area (Å²) in [6.07, 6.45) is 2.98. The molecule has 0 spiro atoms. The van der Waals surface area contributed by atoms with Crippen molar-refractivity contribution >= 4 is 28.9 Å². The van der Waals surface area contributed by atoms with Crippen molar-refractivity contribution in [1.29, 1.82) is 0 Å². The van der Waals surface area contributed by atoms with Gasteiger partial charge in [-0.2, -0.15) is 0 Å². The molecule has 1 aromatic carbocycles. The third-order valence-corrected chi connectivity index (χ3v) is 5.65. The minimum absolute atomic E-state index is 0.0527. The van der Waals surface area contributed by atoms with Crippen LogP contribution >= 0.6 is 11.3 Å². The molecule has 1 atom stereocenters. The molecule has 1 aromatic heterocycles. The number of carbonyl (C=O) groups excluding carboxylic acids is 3. The molecule has 0 N–H and O–H groups in total. The SMILES string of the molecule is O=C1CCCC1c1nc(CCN2C(=O)c3ccccc3C2=O)cs1. The van der Waals surface area contributed by atoms with E-state index in [0.29, 0.717) is 30.5 Å². The molecule has 2 amide bonds. The van der Waals surface area contributed by atoms with Crippen LogP contribution in [0.3, 0.4) is 0 Å². The summed E-state index contributed by atoms with van der Waals surface area (Å²) in [5, 5.41) is 2.80. The fourth-order valence-corrected chi connectivity index (χ4v) is 4.35. The minimum Gasteiger partial charge on any atom is -0.299 e. The zero-order valence-electron chi connectivity index (χ0n) is 13.0. The summed E-state index contributed by atoms with van der Waals surface area (Å²) in [5.74, 6) is -0.256. The predicted octanol–water partition coefficient (Wildman–Crippen LogP) is 2.82. The summed E-state index contributed by atoms with van der Waals surface area (Å²) in [6, 6.07) is 6.89. The van der Waals surface area contributed by atoms with Crippen LogP contribution in [0.4, 0.5) is 0 Å². The Morgan fingerprint density at radius 1 is 1.12 bits per heavy atom. The Bertz CT molecular complexity index is 807. The summed E-state index contributed by atoms with van der Waals surface area (Å²) in [7, 11) is 0. The fourth-order valence-electron chi connectivity index (χ4n) is 3.34. The minimum atomic E-state index is -0.239. The quantitative estimate of drug-likeness (QED) is 0.803. The van der Waals surface area contributed by atoms with Gasteiger partial charge >= 0.3 is 0 Å². The average molecular weight is 340 g/mol. The standard InChI is InChI=1S/C18H16N2O3S/c21-15-7-3-6-14(15)16-19-11(10-24-16)8-9-20-17(22)12-4-1-2-5-13(12)18(20)23/h1-2,4-5,10,14H,3,6-9H2. The summed E-state index contributed by atoms with van der Waals surface area (Å²) in [6.45, 7) is 0.314. The Hall–Kier alpha value is -2.34. The lowest BCUT2D eigenvalue weighted by Crippen LogP contribution is -2.31. The maximum atomic E-state index is 12.3. The van der Waals surface area contributed by atoms with Crippen molar-refractivity contribution in [2.45, 2.75) is 31.6 Å². The molecular weight excluding hydrogens is 324 g/mol. The number of carbonyl (C=O) groups is 3. The molecule has 4 rings (SSSR count). The van der Waals surface area contributed by atoms with Gasteiger partial charge in [-0.1, -0.05) is 12.1 Å². The number of amides is 2. The van der Waals surface area contributed by atoms with Gasteiger partial charge in [0.05, 0.1) is 22.7 Å². The smallest absolute Gasteiger partial charge is 0.261 e. The predicted molar refractivity (Wildman–Crippen MR) is 89.2 cm³/mol. The second-order valence-electron chi connectivity index (χ2n) is 6.15. The van der Waals surface area contributed by atoms with Gasteiger partial charge in [0.1, 0.15) is 10.8 Å². The van der Waals surface area contributed by atoms with Crippen molar-refractivity contribution in [3.05, 3.63) is 51.5 Å². The topological polar surface area (TPSA) is 67.3 Å². The summed E-state index contributed by atoms with van der Waals surface area (Å²) < 4.78 is 0. The highest BCUT2D eigenvalue weighted by molar-refractivity contribution is 7.09. The Labute approximate surface area is 143 Å². The van der Waals surface area contributed by atoms with Crippen LogP contribution in [0.2, 0.25) is 0 Å². The van der Waals surface area contributed by atoms with E-state index in [9.17, 15) is 14.4 Å². The number of imide groups is 1. The Kier molecular flexibility index (Phi) is 3.76. The fraction of sp³-hybridized carbons (Fsp3) is 0.333. The number of hydrogen-bond acceptors (Lipinski definition) is 5. The van der Waals surface area contributed by atoms with Crippen LogP contribution in [0.15, 0.2) is 29.6 Å². The lowest BCUT2D eigenvalue weighted by Gasteiger charge is -2.12. The van der Waals surface area contributed by atoms with Crippen LogP contribution in [0.1, 0.15) is 56.6 Å². The largest absolute Gasteiger partial charge is 0.299 e. The number of Topliss-reactive ketones (excluding diaryl/α,β-unsaturated/α-hetero) is 1. The molecule has 2 aliphatic rings. The highest BCUT2D eigenvalue weighted by Crippen LogP contribution is 2.33. The third-order valence-electron chi connectivity index (χ3n) is 4.64. The van der Waals surface area contributed by atoms with Crippen LogP contribution in [-0.4, -0.2) is 34.0 Å². The van der Waals surface area contributed by atoms with Crippen molar-refractivity contribution in [1.82, 2.24) is 9.88 Å². The van der Waals surface area contributed by atoms with E-state index in [1.54, 1.807) is 24.3 Å². The normalized spacial score (nSPS) is 20.1. The third kappa shape index (κ3) is 2.47. The number of rotatable bonds is 4. The number of thiazole rings is 1. The van der Waals surface area contributed by atoms with Gasteiger partial charge < -0.3 is 0 Å². The Morgan fingerprint density at radius 2 is 1.83 bits per heavy atom. The number of hydrogen-bond donors (Lipinski definition) is 0. The lowest BCUT2D eigenvalue weighted by atomic mass is 10.1. The Morgan fingerprint density at radius 3 is 2.46 bits per heavy atom. The van der Waals surface area contributed by atoms with E-state index >= 15 is 0 Å². The van der Waals surface area contributed by atoms with E-state index in [-0.39, 0.29) is 23.5 Å². The zero-order valence-corrected chi connectivity index (χ0v) is 13.8. The zero-order chi connectivity index (χ0) is 16.7. The molecule has 0 bridgehead atoms. The van der Waals surface area contributed by atoms with Gasteiger partial charge in [-0.05, 0) is 25.0 Å². The van der Waals surface area contributed by atoms with Gasteiger partial charge in [0.2, 0.25) is 0 Å². The van der Waals surface area contributed by atoms with E-state index < -0.39 is 0 Å². The maximum Gasteiger partial charge on any atom is 0.261 e. The van der Waals surface area contributed by atoms with Gasteiger partial charge in [0, 0.05) is 24.8 Å². The first-order chi connectivity index (χ1) is 11.6. The molecule has 1 unspecified atom stereocenters. The molecule has 0 radical (unpaired) electrons. The first-order valence-corrected chi connectivity index (χ1v) is 8.95. The molecule has 6 heteroatoms. The molecule has 1 aliphatic carbocycles. The van der Waals surface area contributed by atoms with Gasteiger partial charge in [-0.25, -0.2) is 4.98 Å². The molecule has 0 saturated heterocycles. The molecular formula is C18H16N2O3S. The van der Waals surface area contributed by atoms with E-state index in [2.05, 4.69) is 4.98 Å². The monoisotopic (exact) mass is 340 g/mol. The second-order valence-corrected chi connectivity index (χ2v) is 7.04. The summed E-state index contributed by atoms with van der Waals surface area (Å²) >= 11 is 1.50. The molecule has 2 heterocycles. The van der Waals surface area contributed by atoms with E-state index in [1.807, 2.05) is 5.38 Å². The van der Waals surface area contributed by atoms with Crippen molar-refractivity contribution in [2.24, 2.45) is 0 Å². The molecule has 5 nitrogen and oxygen atoms in total. The van der Waals surface area contributed by atoms with E-state index in [4.69, 9.17) is 0 Å². The Balaban J connectivity index is 1.45.